The number of hydrogen-bond donors (Lipinski definition) is 5. The molecule has 5 atom stereocenters. The Bertz CT molecular complexity index is 652. The van der Waals surface area contributed by atoms with Crippen LogP contribution in [0.15, 0.2) is 0 Å². The van der Waals surface area contributed by atoms with Gasteiger partial charge in [-0.1, -0.05) is 33.1 Å². The number of esters is 1. The highest BCUT2D eigenvalue weighted by molar-refractivity contribution is 6.40. The van der Waals surface area contributed by atoms with Gasteiger partial charge in [-0.05, 0) is 25.1 Å². The predicted molar refractivity (Wildman–Crippen MR) is 111 cm³/mol. The van der Waals surface area contributed by atoms with Crippen LogP contribution in [0.2, 0.25) is 6.32 Å². The average Bonchev–Trinajstić information content (AvgIpc) is 3.31. The zero-order chi connectivity index (χ0) is 23.2. The summed E-state index contributed by atoms with van der Waals surface area (Å²) in [5, 5.41) is 30.9. The first-order valence-corrected chi connectivity index (χ1v) is 10.8. The van der Waals surface area contributed by atoms with Gasteiger partial charge in [-0.3, -0.25) is 14.9 Å². The van der Waals surface area contributed by atoms with Crippen LogP contribution in [-0.4, -0.2) is 82.7 Å². The molecule has 0 aromatic carbocycles. The van der Waals surface area contributed by atoms with E-state index in [4.69, 9.17) is 25.3 Å². The predicted octanol–water partition coefficient (Wildman–Crippen LogP) is -0.243. The monoisotopic (exact) mass is 443 g/mol. The van der Waals surface area contributed by atoms with Crippen molar-refractivity contribution in [3.8, 4) is 0 Å². The lowest BCUT2D eigenvalue weighted by Gasteiger charge is -2.30. The van der Waals surface area contributed by atoms with Gasteiger partial charge in [0.2, 0.25) is 6.79 Å². The Morgan fingerprint density at radius 1 is 1.29 bits per heavy atom. The van der Waals surface area contributed by atoms with Crippen LogP contribution in [0.3, 0.4) is 0 Å². The number of carbonyl (C=O) groups is 3. The van der Waals surface area contributed by atoms with Gasteiger partial charge in [0.05, 0.1) is 6.04 Å². The van der Waals surface area contributed by atoms with Crippen LogP contribution in [0.1, 0.15) is 46.0 Å². The highest BCUT2D eigenvalue weighted by Crippen LogP contribution is 2.41. The van der Waals surface area contributed by atoms with Gasteiger partial charge < -0.3 is 35.3 Å². The number of nitrogens with two attached hydrogens (primary N) is 1. The molecule has 2 heterocycles. The Labute approximate surface area is 182 Å². The zero-order valence-electron chi connectivity index (χ0n) is 18.2. The number of nitrogens with zero attached hydrogens (tertiary/aromatic N) is 1. The topological polar surface area (TPSA) is 172 Å². The van der Waals surface area contributed by atoms with E-state index in [1.165, 1.54) is 4.90 Å². The van der Waals surface area contributed by atoms with Gasteiger partial charge in [0.15, 0.2) is 0 Å². The van der Waals surface area contributed by atoms with E-state index < -0.39 is 43.5 Å². The quantitative estimate of drug-likeness (QED) is 0.124. The summed E-state index contributed by atoms with van der Waals surface area (Å²) in [6.45, 7) is 3.85. The molecule has 12 heteroatoms. The molecule has 0 bridgehead atoms. The van der Waals surface area contributed by atoms with Crippen molar-refractivity contribution in [3.05, 3.63) is 0 Å². The van der Waals surface area contributed by atoms with Crippen LogP contribution in [0.4, 0.5) is 4.79 Å². The number of carboxylic acids is 1. The molecule has 0 aliphatic carbocycles. The van der Waals surface area contributed by atoms with Crippen LogP contribution in [0.5, 0.6) is 0 Å². The second-order valence-corrected chi connectivity index (χ2v) is 8.44. The van der Waals surface area contributed by atoms with Gasteiger partial charge in [0.1, 0.15) is 11.6 Å². The molecule has 6 N–H and O–H groups in total. The first kappa shape index (κ1) is 25.4. The van der Waals surface area contributed by atoms with Crippen molar-refractivity contribution >= 4 is 25.2 Å². The molecule has 11 nitrogen and oxygen atoms in total. The summed E-state index contributed by atoms with van der Waals surface area (Å²) in [5.41, 5.74) is 4.62. The third-order valence-corrected chi connectivity index (χ3v) is 6.62. The molecule has 0 spiro atoms. The van der Waals surface area contributed by atoms with Crippen LogP contribution in [0, 0.1) is 11.8 Å². The lowest BCUT2D eigenvalue weighted by atomic mass is 9.77. The molecule has 1 amide bonds. The number of carboxylic acid groups (broad SMARTS) is 1. The van der Waals surface area contributed by atoms with Crippen molar-refractivity contribution in [1.82, 2.24) is 10.2 Å². The summed E-state index contributed by atoms with van der Waals surface area (Å²) in [4.78, 5) is 38.0. The van der Waals surface area contributed by atoms with Gasteiger partial charge in [-0.25, -0.2) is 4.79 Å². The number of hydrogen-bond acceptors (Lipinski definition) is 9. The third-order valence-electron chi connectivity index (χ3n) is 6.62. The minimum atomic E-state index is -1.41. The van der Waals surface area contributed by atoms with Crippen molar-refractivity contribution in [3.63, 3.8) is 0 Å². The van der Waals surface area contributed by atoms with Gasteiger partial charge >= 0.3 is 25.2 Å². The first-order chi connectivity index (χ1) is 14.6. The molecule has 31 heavy (non-hydrogen) atoms. The number of likely N-dealkylation sites (tertiary alicyclic amines) is 1. The van der Waals surface area contributed by atoms with Crippen LogP contribution in [0.25, 0.3) is 0 Å². The van der Waals surface area contributed by atoms with Gasteiger partial charge in [-0.2, -0.15) is 0 Å². The van der Waals surface area contributed by atoms with Gasteiger partial charge in [0, 0.05) is 19.0 Å². The summed E-state index contributed by atoms with van der Waals surface area (Å²) in [6.07, 6.45) is 2.06. The molecule has 0 unspecified atom stereocenters. The number of rotatable bonds is 11. The number of ether oxygens (including phenoxy) is 2. The fraction of sp³-hybridized carbons (Fsp3) is 0.842. The van der Waals surface area contributed by atoms with Crippen LogP contribution in [-0.2, 0) is 19.1 Å². The van der Waals surface area contributed by atoms with Gasteiger partial charge in [-0.15, -0.1) is 0 Å². The fourth-order valence-electron chi connectivity index (χ4n) is 4.47. The first-order valence-electron chi connectivity index (χ1n) is 10.8. The molecule has 0 radical (unpaired) electrons. The molecule has 0 saturated carbocycles. The van der Waals surface area contributed by atoms with Crippen LogP contribution < -0.4 is 11.1 Å². The third kappa shape index (κ3) is 5.88. The molecular formula is C19H34BN3O8. The lowest BCUT2D eigenvalue weighted by molar-refractivity contribution is -0.155. The van der Waals surface area contributed by atoms with E-state index in [1.54, 1.807) is 0 Å². The normalized spacial score (nSPS) is 26.8. The maximum absolute atomic E-state index is 12.5. The Morgan fingerprint density at radius 3 is 2.61 bits per heavy atom. The Balaban J connectivity index is 1.88. The van der Waals surface area contributed by atoms with E-state index in [0.29, 0.717) is 45.2 Å². The van der Waals surface area contributed by atoms with Crippen molar-refractivity contribution in [2.24, 2.45) is 17.6 Å². The van der Waals surface area contributed by atoms with Crippen LogP contribution >= 0.6 is 0 Å². The lowest BCUT2D eigenvalue weighted by Crippen LogP contribution is -2.52. The highest BCUT2D eigenvalue weighted by atomic mass is 16.7. The molecule has 2 rings (SSSR count). The van der Waals surface area contributed by atoms with E-state index in [0.717, 1.165) is 0 Å². The number of carbonyl (C=O) groups excluding carboxylic acids is 2. The number of aliphatic carboxylic acids is 1. The van der Waals surface area contributed by atoms with E-state index >= 15 is 0 Å². The molecule has 2 saturated heterocycles. The average molecular weight is 443 g/mol. The number of unbranched alkanes of at least 4 members (excludes halogenated alkanes) is 1. The largest absolute Gasteiger partial charge is 0.480 e. The molecule has 0 aromatic heterocycles. The minimum Gasteiger partial charge on any atom is -0.480 e. The molecule has 176 valence electrons. The second-order valence-electron chi connectivity index (χ2n) is 8.44. The summed E-state index contributed by atoms with van der Waals surface area (Å²) < 4.78 is 10.0. The Hall–Kier alpha value is -1.89. The summed E-state index contributed by atoms with van der Waals surface area (Å²) >= 11 is 0. The maximum atomic E-state index is 12.5. The standard InChI is InChI=1S/C19H34BN3O8/c1-3-12(2)15(21)16(24)30-11-31-18(27)23-9-6-13-14(23)10-22-19(13,17(25)26)7-4-5-8-20(28)29/h12-15,22,28-29H,3-11,21H2,1-2H3,(H,25,26)/t12-,13-,14-,15-,19+/m0/s1. The fourth-order valence-corrected chi connectivity index (χ4v) is 4.47. The Morgan fingerprint density at radius 2 is 2.00 bits per heavy atom. The van der Waals surface area contributed by atoms with E-state index in [1.807, 2.05) is 13.8 Å². The van der Waals surface area contributed by atoms with Crippen molar-refractivity contribution < 1.29 is 39.0 Å². The molecule has 0 aromatic rings. The van der Waals surface area contributed by atoms with E-state index in [2.05, 4.69) is 5.32 Å². The molecule has 2 aliphatic heterocycles. The second kappa shape index (κ2) is 11.1. The summed E-state index contributed by atoms with van der Waals surface area (Å²) in [5.74, 6) is -1.97. The summed E-state index contributed by atoms with van der Waals surface area (Å²) in [6, 6.07) is -1.13. The zero-order valence-corrected chi connectivity index (χ0v) is 18.2. The maximum Gasteiger partial charge on any atom is 0.451 e. The van der Waals surface area contributed by atoms with Gasteiger partial charge in [0.25, 0.3) is 0 Å². The molecular weight excluding hydrogens is 409 g/mol. The minimum absolute atomic E-state index is 0.0584. The number of amides is 1. The molecule has 2 fully saturated rings. The van der Waals surface area contributed by atoms with Crippen molar-refractivity contribution in [2.75, 3.05) is 19.9 Å². The summed E-state index contributed by atoms with van der Waals surface area (Å²) in [7, 11) is -1.41. The number of fused-ring (bicyclic) bond motifs is 1. The smallest absolute Gasteiger partial charge is 0.451 e. The highest BCUT2D eigenvalue weighted by Gasteiger charge is 2.58. The number of nitrogens with one attached hydrogen (secondary N) is 1. The van der Waals surface area contributed by atoms with Crippen molar-refractivity contribution in [1.29, 1.82) is 0 Å². The SMILES string of the molecule is CC[C@H](C)[C@H](N)C(=O)OCOC(=O)N1CC[C@H]2[C@@H]1CN[C@@]2(CCCCB(O)O)C(=O)O. The Kier molecular flexibility index (Phi) is 9.10. The van der Waals surface area contributed by atoms with E-state index in [-0.39, 0.29) is 24.2 Å². The van der Waals surface area contributed by atoms with E-state index in [9.17, 15) is 19.5 Å². The van der Waals surface area contributed by atoms with Crippen molar-refractivity contribution in [2.45, 2.75) is 69.9 Å². The molecule has 2 aliphatic rings.